The van der Waals surface area contributed by atoms with Gasteiger partial charge in [-0.25, -0.2) is 5.06 Å². The number of hydrogen-bond donors (Lipinski definition) is 1. The number of unbranched alkanes of at least 4 members (excludes halogenated alkanes) is 1. The third kappa shape index (κ3) is 5.42. The van der Waals surface area contributed by atoms with Crippen LogP contribution in [0.5, 0.6) is 0 Å². The van der Waals surface area contributed by atoms with Crippen LogP contribution in [-0.2, 0) is 20.1 Å². The second-order valence-corrected chi connectivity index (χ2v) is 9.81. The summed E-state index contributed by atoms with van der Waals surface area (Å²) in [5, 5.41) is 7.73. The number of oxime groups is 1. The molecular formula is C25H24Cl2F3N3O4. The second-order valence-electron chi connectivity index (χ2n) is 8.93. The molecule has 198 valence electrons. The van der Waals surface area contributed by atoms with Gasteiger partial charge in [-0.1, -0.05) is 47.8 Å². The molecule has 0 spiro atoms. The van der Waals surface area contributed by atoms with Gasteiger partial charge in [-0.05, 0) is 54.8 Å². The smallest absolute Gasteiger partial charge is 0.374 e. The van der Waals surface area contributed by atoms with Crippen molar-refractivity contribution in [3.63, 3.8) is 0 Å². The van der Waals surface area contributed by atoms with Crippen molar-refractivity contribution in [2.45, 2.75) is 50.9 Å². The first-order valence-corrected chi connectivity index (χ1v) is 12.4. The Balaban J connectivity index is 1.51. The number of halogens is 5. The molecule has 2 heterocycles. The van der Waals surface area contributed by atoms with E-state index in [1.54, 1.807) is 13.0 Å². The Bertz CT molecular complexity index is 1230. The van der Waals surface area contributed by atoms with Gasteiger partial charge in [-0.3, -0.25) is 14.4 Å². The van der Waals surface area contributed by atoms with E-state index >= 15 is 0 Å². The second kappa shape index (κ2) is 10.5. The molecule has 4 rings (SSSR count). The first kappa shape index (κ1) is 27.2. The highest BCUT2D eigenvalue weighted by Crippen LogP contribution is 2.49. The minimum absolute atomic E-state index is 0.0343. The lowest BCUT2D eigenvalue weighted by Gasteiger charge is -2.29. The molecule has 0 saturated carbocycles. The third-order valence-corrected chi connectivity index (χ3v) is 6.72. The van der Waals surface area contributed by atoms with Gasteiger partial charge in [0, 0.05) is 34.1 Å². The van der Waals surface area contributed by atoms with E-state index in [0.29, 0.717) is 17.7 Å². The largest absolute Gasteiger partial charge is 0.435 e. The van der Waals surface area contributed by atoms with E-state index in [9.17, 15) is 22.8 Å². The number of alkyl halides is 3. The lowest BCUT2D eigenvalue weighted by atomic mass is 9.86. The fraction of sp³-hybridized carbons (Fsp3) is 0.400. The van der Waals surface area contributed by atoms with Crippen LogP contribution in [0.15, 0.2) is 41.6 Å². The summed E-state index contributed by atoms with van der Waals surface area (Å²) in [5.74, 6) is -0.815. The molecule has 0 aromatic heterocycles. The molecule has 1 fully saturated rings. The fourth-order valence-corrected chi connectivity index (χ4v) is 4.76. The predicted molar refractivity (Wildman–Crippen MR) is 131 cm³/mol. The van der Waals surface area contributed by atoms with Crippen LogP contribution in [0.3, 0.4) is 0 Å². The van der Waals surface area contributed by atoms with Crippen LogP contribution in [-0.4, -0.2) is 48.0 Å². The lowest BCUT2D eigenvalue weighted by Crippen LogP contribution is -2.43. The molecule has 2 aromatic carbocycles. The van der Waals surface area contributed by atoms with Gasteiger partial charge in [-0.2, -0.15) is 13.2 Å². The van der Waals surface area contributed by atoms with Crippen molar-refractivity contribution >= 4 is 40.7 Å². The highest BCUT2D eigenvalue weighted by atomic mass is 35.5. The van der Waals surface area contributed by atoms with Crippen molar-refractivity contribution in [1.82, 2.24) is 10.4 Å². The number of amides is 2. The Morgan fingerprint density at radius 2 is 1.92 bits per heavy atom. The highest BCUT2D eigenvalue weighted by Gasteiger charge is 2.62. The molecule has 1 saturated heterocycles. The van der Waals surface area contributed by atoms with Crippen molar-refractivity contribution in [3.8, 4) is 0 Å². The van der Waals surface area contributed by atoms with Crippen molar-refractivity contribution < 1.29 is 32.4 Å². The molecule has 12 heteroatoms. The standard InChI is InChI=1S/C25H24Cl2F3N3O4/c1-3-4-7-33-23(35)21(13-36-33)31-22(34)19-6-5-15(8-14(19)2)20-12-24(37-32-20,25(28,29)30)16-9-17(26)11-18(27)10-16/h5-6,8-11,21H,3-4,7,12-13H2,1-2H3,(H,31,34)/t21-,24?/m1/s1. The number of nitrogens with one attached hydrogen (secondary N) is 1. The summed E-state index contributed by atoms with van der Waals surface area (Å²) in [6, 6.07) is 7.32. The molecule has 37 heavy (non-hydrogen) atoms. The van der Waals surface area contributed by atoms with Gasteiger partial charge in [0.05, 0.1) is 5.71 Å². The van der Waals surface area contributed by atoms with Gasteiger partial charge in [0.25, 0.3) is 17.4 Å². The van der Waals surface area contributed by atoms with Crippen LogP contribution in [0.25, 0.3) is 0 Å². The van der Waals surface area contributed by atoms with Gasteiger partial charge in [0.15, 0.2) is 0 Å². The summed E-state index contributed by atoms with van der Waals surface area (Å²) < 4.78 is 42.7. The maximum atomic E-state index is 14.2. The van der Waals surface area contributed by atoms with Crippen LogP contribution in [0.1, 0.15) is 53.2 Å². The van der Waals surface area contributed by atoms with Gasteiger partial charge in [-0.15, -0.1) is 0 Å². The molecule has 2 atom stereocenters. The van der Waals surface area contributed by atoms with Crippen molar-refractivity contribution in [3.05, 3.63) is 68.7 Å². The Labute approximate surface area is 221 Å². The Morgan fingerprint density at radius 3 is 2.54 bits per heavy atom. The molecule has 2 aliphatic heterocycles. The zero-order chi connectivity index (χ0) is 27.0. The van der Waals surface area contributed by atoms with Gasteiger partial charge in [0.1, 0.15) is 12.6 Å². The van der Waals surface area contributed by atoms with Crippen LogP contribution < -0.4 is 5.32 Å². The van der Waals surface area contributed by atoms with Crippen LogP contribution >= 0.6 is 23.2 Å². The Hall–Kier alpha value is -2.82. The maximum Gasteiger partial charge on any atom is 0.435 e. The van der Waals surface area contributed by atoms with Crippen LogP contribution in [0, 0.1) is 6.92 Å². The number of benzene rings is 2. The van der Waals surface area contributed by atoms with E-state index in [-0.39, 0.29) is 39.4 Å². The zero-order valence-corrected chi connectivity index (χ0v) is 21.5. The number of nitrogens with zero attached hydrogens (tertiary/aromatic N) is 2. The summed E-state index contributed by atoms with van der Waals surface area (Å²) in [6.07, 6.45) is -3.76. The highest BCUT2D eigenvalue weighted by molar-refractivity contribution is 6.34. The lowest BCUT2D eigenvalue weighted by molar-refractivity contribution is -0.275. The molecule has 1 unspecified atom stereocenters. The summed E-state index contributed by atoms with van der Waals surface area (Å²) in [6.45, 7) is 4.11. The molecular weight excluding hydrogens is 534 g/mol. The SMILES string of the molecule is CCCCN1OC[C@@H](NC(=O)c2ccc(C3=NOC(c4cc(Cl)cc(Cl)c4)(C(F)(F)F)C3)cc2C)C1=O. The number of carbonyl (C=O) groups excluding carboxylic acids is 2. The third-order valence-electron chi connectivity index (χ3n) is 6.28. The fourth-order valence-electron chi connectivity index (χ4n) is 4.23. The van der Waals surface area contributed by atoms with E-state index in [1.807, 2.05) is 6.92 Å². The van der Waals surface area contributed by atoms with E-state index in [0.717, 1.165) is 25.0 Å². The number of hydroxylamine groups is 2. The van der Waals surface area contributed by atoms with E-state index in [4.69, 9.17) is 32.9 Å². The Kier molecular flexibility index (Phi) is 7.73. The first-order chi connectivity index (χ1) is 17.4. The molecule has 0 radical (unpaired) electrons. The zero-order valence-electron chi connectivity index (χ0n) is 20.0. The maximum absolute atomic E-state index is 14.2. The molecule has 0 bridgehead atoms. The van der Waals surface area contributed by atoms with Crippen molar-refractivity contribution in [2.24, 2.45) is 5.16 Å². The average Bonchev–Trinajstić information content (AvgIpc) is 3.42. The molecule has 7 nitrogen and oxygen atoms in total. The molecule has 2 aromatic rings. The van der Waals surface area contributed by atoms with Gasteiger partial charge >= 0.3 is 6.18 Å². The first-order valence-electron chi connectivity index (χ1n) is 11.6. The predicted octanol–water partition coefficient (Wildman–Crippen LogP) is 5.56. The molecule has 0 aliphatic carbocycles. The number of carbonyl (C=O) groups is 2. The normalized spacial score (nSPS) is 21.7. The number of aryl methyl sites for hydroxylation is 1. The van der Waals surface area contributed by atoms with E-state index in [1.165, 1.54) is 23.3 Å². The van der Waals surface area contributed by atoms with Gasteiger partial charge in [0.2, 0.25) is 0 Å². The molecule has 2 amide bonds. The molecule has 2 aliphatic rings. The quantitative estimate of drug-likeness (QED) is 0.483. The van der Waals surface area contributed by atoms with E-state index < -0.39 is 30.1 Å². The van der Waals surface area contributed by atoms with Crippen LogP contribution in [0.4, 0.5) is 13.2 Å². The minimum atomic E-state index is -4.82. The van der Waals surface area contributed by atoms with Crippen LogP contribution in [0.2, 0.25) is 10.0 Å². The number of hydrogen-bond acceptors (Lipinski definition) is 5. The topological polar surface area (TPSA) is 80.2 Å². The van der Waals surface area contributed by atoms with Crippen molar-refractivity contribution in [1.29, 1.82) is 0 Å². The summed E-state index contributed by atoms with van der Waals surface area (Å²) in [5.41, 5.74) is -1.85. The molecule has 1 N–H and O–H groups in total. The number of rotatable bonds is 7. The summed E-state index contributed by atoms with van der Waals surface area (Å²) in [4.78, 5) is 35.7. The summed E-state index contributed by atoms with van der Waals surface area (Å²) in [7, 11) is 0. The van der Waals surface area contributed by atoms with E-state index in [2.05, 4.69) is 10.5 Å². The minimum Gasteiger partial charge on any atom is -0.374 e. The summed E-state index contributed by atoms with van der Waals surface area (Å²) >= 11 is 11.9. The van der Waals surface area contributed by atoms with Crippen molar-refractivity contribution in [2.75, 3.05) is 13.2 Å². The average molecular weight is 558 g/mol. The van der Waals surface area contributed by atoms with Gasteiger partial charge < -0.3 is 10.2 Å². The Morgan fingerprint density at radius 1 is 1.22 bits per heavy atom. The monoisotopic (exact) mass is 557 g/mol.